The SMILES string of the molecule is CSCC(N)C(=O)CCCCCC(CC(=O)CCCC(=O)CC(CCCCCC(=O)C(N)CSC)C(=O)NC(C)=O)C(=O)NN[C@@H](Cc1ccccc1)C(=O)N[C@@H](CCCCN)C(=O)C(C)=O. The van der Waals surface area contributed by atoms with Crippen LogP contribution in [0.5, 0.6) is 0 Å². The van der Waals surface area contributed by atoms with Crippen LogP contribution in [0.2, 0.25) is 0 Å². The maximum atomic E-state index is 13.9. The van der Waals surface area contributed by atoms with E-state index in [1.54, 1.807) is 24.3 Å². The Bertz CT molecular complexity index is 1750. The second-order valence-corrected chi connectivity index (χ2v) is 19.0. The largest absolute Gasteiger partial charge is 0.344 e. The van der Waals surface area contributed by atoms with E-state index < -0.39 is 71.2 Å². The van der Waals surface area contributed by atoms with E-state index in [1.165, 1.54) is 30.4 Å². The first kappa shape index (κ1) is 60.9. The number of hydrogen-bond acceptors (Lipinski definition) is 16. The van der Waals surface area contributed by atoms with Crippen LogP contribution in [-0.2, 0) is 54.4 Å². The van der Waals surface area contributed by atoms with E-state index in [0.29, 0.717) is 82.3 Å². The maximum absolute atomic E-state index is 13.9. The molecule has 19 heteroatoms. The van der Waals surface area contributed by atoms with Crippen molar-refractivity contribution >= 4 is 81.9 Å². The molecule has 376 valence electrons. The number of Topliss-reactive ketones (excluding diaryl/α,β-unsaturated/α-hetero) is 6. The van der Waals surface area contributed by atoms with Gasteiger partial charge in [0.15, 0.2) is 5.78 Å². The number of unbranched alkanes of at least 4 members (excludes halogenated alkanes) is 5. The van der Waals surface area contributed by atoms with Crippen molar-refractivity contribution in [2.24, 2.45) is 29.0 Å². The Morgan fingerprint density at radius 1 is 0.582 bits per heavy atom. The number of hydrogen-bond donors (Lipinski definition) is 7. The fourth-order valence-electron chi connectivity index (χ4n) is 7.41. The van der Waals surface area contributed by atoms with Gasteiger partial charge in [-0.2, -0.15) is 23.5 Å². The van der Waals surface area contributed by atoms with Gasteiger partial charge < -0.3 is 22.5 Å². The molecule has 0 aliphatic carbocycles. The third-order valence-electron chi connectivity index (χ3n) is 11.3. The first-order valence-electron chi connectivity index (χ1n) is 23.5. The highest BCUT2D eigenvalue weighted by molar-refractivity contribution is 7.98. The Hall–Kier alpha value is -4.14. The Morgan fingerprint density at radius 3 is 1.57 bits per heavy atom. The number of nitrogens with one attached hydrogen (secondary N) is 4. The molecule has 0 bridgehead atoms. The lowest BCUT2D eigenvalue weighted by molar-refractivity contribution is -0.138. The number of thioether (sulfide) groups is 2. The van der Waals surface area contributed by atoms with Crippen molar-refractivity contribution in [2.75, 3.05) is 30.6 Å². The number of hydrazine groups is 1. The molecule has 0 radical (unpaired) electrons. The van der Waals surface area contributed by atoms with Crippen LogP contribution >= 0.6 is 23.5 Å². The monoisotopic (exact) mass is 976 g/mol. The molecule has 4 amide bonds. The first-order valence-corrected chi connectivity index (χ1v) is 26.3. The molecular weight excluding hydrogens is 899 g/mol. The highest BCUT2D eigenvalue weighted by Crippen LogP contribution is 2.20. The predicted molar refractivity (Wildman–Crippen MR) is 264 cm³/mol. The highest BCUT2D eigenvalue weighted by atomic mass is 32.2. The van der Waals surface area contributed by atoms with E-state index in [-0.39, 0.29) is 80.9 Å². The number of nitrogens with two attached hydrogens (primary N) is 3. The van der Waals surface area contributed by atoms with E-state index in [4.69, 9.17) is 17.2 Å². The van der Waals surface area contributed by atoms with Crippen LogP contribution in [0, 0.1) is 11.8 Å². The number of imide groups is 1. The van der Waals surface area contributed by atoms with Crippen LogP contribution in [-0.4, -0.2) is 113 Å². The van der Waals surface area contributed by atoms with Gasteiger partial charge in [-0.25, -0.2) is 5.43 Å². The number of carbonyl (C=O) groups excluding carboxylic acids is 10. The van der Waals surface area contributed by atoms with E-state index in [1.807, 2.05) is 18.6 Å². The summed E-state index contributed by atoms with van der Waals surface area (Å²) in [6.07, 6.45) is 9.64. The van der Waals surface area contributed by atoms with Crippen LogP contribution in [0.15, 0.2) is 30.3 Å². The molecule has 0 fully saturated rings. The normalized spacial score (nSPS) is 13.8. The molecule has 1 aromatic carbocycles. The van der Waals surface area contributed by atoms with Gasteiger partial charge in [-0.3, -0.25) is 58.7 Å². The zero-order valence-corrected chi connectivity index (χ0v) is 41.7. The summed E-state index contributed by atoms with van der Waals surface area (Å²) in [6.45, 7) is 2.72. The van der Waals surface area contributed by atoms with E-state index in [2.05, 4.69) is 21.5 Å². The number of rotatable bonds is 40. The van der Waals surface area contributed by atoms with Crippen molar-refractivity contribution in [1.29, 1.82) is 0 Å². The van der Waals surface area contributed by atoms with Crippen LogP contribution in [0.4, 0.5) is 0 Å². The van der Waals surface area contributed by atoms with Crippen molar-refractivity contribution in [2.45, 2.75) is 160 Å². The average Bonchev–Trinajstić information content (AvgIpc) is 3.28. The summed E-state index contributed by atoms with van der Waals surface area (Å²) >= 11 is 2.98. The minimum absolute atomic E-state index is 0.00182. The summed E-state index contributed by atoms with van der Waals surface area (Å²) < 4.78 is 0. The quantitative estimate of drug-likeness (QED) is 0.0282. The average molecular weight is 976 g/mol. The van der Waals surface area contributed by atoms with Gasteiger partial charge in [0.1, 0.15) is 29.2 Å². The molecule has 1 rings (SSSR count). The molecule has 67 heavy (non-hydrogen) atoms. The Balaban J connectivity index is 3.07. The molecule has 0 saturated carbocycles. The number of amides is 4. The third-order valence-corrected chi connectivity index (χ3v) is 12.7. The van der Waals surface area contributed by atoms with E-state index >= 15 is 0 Å². The van der Waals surface area contributed by atoms with Gasteiger partial charge in [0.2, 0.25) is 29.4 Å². The Kier molecular flexibility index (Phi) is 32.6. The Labute approximate surface area is 405 Å². The second kappa shape index (κ2) is 35.9. The summed E-state index contributed by atoms with van der Waals surface area (Å²) in [6, 6.07) is 5.74. The van der Waals surface area contributed by atoms with Gasteiger partial charge in [-0.15, -0.1) is 0 Å². The van der Waals surface area contributed by atoms with Crippen molar-refractivity contribution in [1.82, 2.24) is 21.5 Å². The highest BCUT2D eigenvalue weighted by Gasteiger charge is 2.30. The van der Waals surface area contributed by atoms with E-state index in [0.717, 1.165) is 12.5 Å². The minimum atomic E-state index is -1.09. The summed E-state index contributed by atoms with van der Waals surface area (Å²) in [4.78, 5) is 128. The lowest BCUT2D eigenvalue weighted by Crippen LogP contribution is -2.56. The number of benzene rings is 1. The standard InChI is InChI=1S/C48H77N7O10S2/c1-32(56)45(62)41(23-14-15-26-49)53-48(65)42(27-34-17-8-5-9-18-34)54-55-47(64)36(20-11-7-13-25-44(61)40(51)31-67-4)29-38(59)22-16-21-37(58)28-35(46(63)52-33(2)57)19-10-6-12-24-43(60)39(50)30-66-3/h5,8-9,17-18,35-36,39-42,54H,6-7,10-16,19-31,49-51H2,1-4H3,(H,53,65)(H,55,64)(H,52,57,63)/t35?,36?,39?,40?,41-,42-/m0/s1. The smallest absolute Gasteiger partial charge is 0.239 e. The molecule has 0 saturated heterocycles. The van der Waals surface area contributed by atoms with Gasteiger partial charge in [0.25, 0.3) is 0 Å². The van der Waals surface area contributed by atoms with Crippen molar-refractivity contribution in [3.63, 3.8) is 0 Å². The predicted octanol–water partition coefficient (Wildman–Crippen LogP) is 3.39. The summed E-state index contributed by atoms with van der Waals surface area (Å²) in [5.41, 5.74) is 23.7. The topological polar surface area (TPSA) is 297 Å². The number of carbonyl (C=O) groups is 10. The van der Waals surface area contributed by atoms with Crippen LogP contribution in [0.3, 0.4) is 0 Å². The van der Waals surface area contributed by atoms with Crippen LogP contribution in [0.25, 0.3) is 0 Å². The fourth-order valence-corrected chi connectivity index (χ4v) is 8.50. The molecular formula is C48H77N7O10S2. The fraction of sp³-hybridized carbons (Fsp3) is 0.667. The summed E-state index contributed by atoms with van der Waals surface area (Å²) in [7, 11) is 0. The summed E-state index contributed by atoms with van der Waals surface area (Å²) in [5.74, 6) is -4.88. The molecule has 0 heterocycles. The lowest BCUT2D eigenvalue weighted by atomic mass is 9.91. The molecule has 1 aromatic rings. The zero-order valence-electron chi connectivity index (χ0n) is 40.0. The van der Waals surface area contributed by atoms with E-state index in [9.17, 15) is 47.9 Å². The minimum Gasteiger partial charge on any atom is -0.344 e. The van der Waals surface area contributed by atoms with Crippen molar-refractivity contribution < 1.29 is 47.9 Å². The van der Waals surface area contributed by atoms with Gasteiger partial charge in [0.05, 0.1) is 18.1 Å². The maximum Gasteiger partial charge on any atom is 0.239 e. The molecule has 10 N–H and O–H groups in total. The van der Waals surface area contributed by atoms with Gasteiger partial charge >= 0.3 is 0 Å². The molecule has 6 atom stereocenters. The van der Waals surface area contributed by atoms with Gasteiger partial charge in [-0.05, 0) is 82.4 Å². The molecule has 0 aliphatic rings. The summed E-state index contributed by atoms with van der Waals surface area (Å²) in [5, 5.41) is 4.95. The van der Waals surface area contributed by atoms with Crippen molar-refractivity contribution in [3.05, 3.63) is 35.9 Å². The third kappa shape index (κ3) is 27.5. The zero-order chi connectivity index (χ0) is 50.1. The molecule has 17 nitrogen and oxygen atoms in total. The van der Waals surface area contributed by atoms with Crippen molar-refractivity contribution in [3.8, 4) is 0 Å². The lowest BCUT2D eigenvalue weighted by Gasteiger charge is -2.24. The molecule has 0 spiro atoms. The van der Waals surface area contributed by atoms with Crippen LogP contribution in [0.1, 0.15) is 135 Å². The molecule has 4 unspecified atom stereocenters. The first-order chi connectivity index (χ1) is 31.9. The molecule has 0 aliphatic heterocycles. The number of ketones is 6. The van der Waals surface area contributed by atoms with Crippen LogP contribution < -0.4 is 38.7 Å². The Morgan fingerprint density at radius 2 is 1.09 bits per heavy atom. The van der Waals surface area contributed by atoms with Gasteiger partial charge in [0, 0.05) is 75.7 Å². The van der Waals surface area contributed by atoms with Gasteiger partial charge in [-0.1, -0.05) is 56.0 Å². The second-order valence-electron chi connectivity index (χ2n) is 17.2. The molecule has 0 aromatic heterocycles.